The Morgan fingerprint density at radius 2 is 1.63 bits per heavy atom. The smallest absolute Gasteiger partial charge is 0.353 e. The van der Waals surface area contributed by atoms with E-state index >= 15 is 0 Å². The van der Waals surface area contributed by atoms with Gasteiger partial charge in [0, 0.05) is 37.6 Å². The van der Waals surface area contributed by atoms with E-state index < -0.39 is 4.92 Å². The molecule has 3 aromatic rings. The number of rotatable bonds is 5. The summed E-state index contributed by atoms with van der Waals surface area (Å²) in [5.41, 5.74) is 4.01. The summed E-state index contributed by atoms with van der Waals surface area (Å²) in [7, 11) is 0. The Hall–Kier alpha value is -3.68. The van der Waals surface area contributed by atoms with Crippen molar-refractivity contribution in [2.24, 2.45) is 0 Å². The van der Waals surface area contributed by atoms with Crippen molar-refractivity contribution in [1.82, 2.24) is 9.97 Å². The molecule has 1 N–H and O–H groups in total. The van der Waals surface area contributed by atoms with Crippen LogP contribution in [0, 0.1) is 24.0 Å². The molecule has 0 radical (unpaired) electrons. The summed E-state index contributed by atoms with van der Waals surface area (Å²) in [6, 6.07) is 16.0. The van der Waals surface area contributed by atoms with Gasteiger partial charge in [-0.15, -0.1) is 0 Å². The monoisotopic (exact) mass is 404 g/mol. The maximum absolute atomic E-state index is 12.0. The molecule has 1 saturated heterocycles. The minimum Gasteiger partial charge on any atom is -0.368 e. The average molecular weight is 404 g/mol. The van der Waals surface area contributed by atoms with Gasteiger partial charge in [-0.2, -0.15) is 0 Å². The molecule has 0 unspecified atom stereocenters. The number of piperazine rings is 1. The Bertz CT molecular complexity index is 1050. The third-order valence-electron chi connectivity index (χ3n) is 5.54. The first-order valence-electron chi connectivity index (χ1n) is 9.92. The Balaban J connectivity index is 1.59. The summed E-state index contributed by atoms with van der Waals surface area (Å²) >= 11 is 0. The second-order valence-corrected chi connectivity index (χ2v) is 7.33. The quantitative estimate of drug-likeness (QED) is 0.506. The first-order valence-corrected chi connectivity index (χ1v) is 9.92. The highest BCUT2D eigenvalue weighted by Crippen LogP contribution is 2.35. The number of benzene rings is 2. The lowest BCUT2D eigenvalue weighted by molar-refractivity contribution is -0.383. The van der Waals surface area contributed by atoms with E-state index in [2.05, 4.69) is 32.3 Å². The number of nitro groups is 1. The fraction of sp³-hybridized carbons (Fsp3) is 0.273. The van der Waals surface area contributed by atoms with Crippen molar-refractivity contribution >= 4 is 28.7 Å². The molecule has 0 spiro atoms. The predicted octanol–water partition coefficient (Wildman–Crippen LogP) is 4.07. The highest BCUT2D eigenvalue weighted by atomic mass is 16.6. The van der Waals surface area contributed by atoms with Gasteiger partial charge in [-0.1, -0.05) is 30.3 Å². The van der Waals surface area contributed by atoms with E-state index in [0.29, 0.717) is 18.9 Å². The van der Waals surface area contributed by atoms with Gasteiger partial charge >= 0.3 is 5.69 Å². The third kappa shape index (κ3) is 3.89. The van der Waals surface area contributed by atoms with Crippen LogP contribution in [0.25, 0.3) is 0 Å². The molecule has 0 bridgehead atoms. The van der Waals surface area contributed by atoms with E-state index in [4.69, 9.17) is 0 Å². The summed E-state index contributed by atoms with van der Waals surface area (Å²) < 4.78 is 0. The molecule has 2 heterocycles. The van der Waals surface area contributed by atoms with E-state index in [-0.39, 0.29) is 11.5 Å². The average Bonchev–Trinajstić information content (AvgIpc) is 2.77. The van der Waals surface area contributed by atoms with Crippen molar-refractivity contribution in [1.29, 1.82) is 0 Å². The van der Waals surface area contributed by atoms with Crippen LogP contribution in [0.4, 0.5) is 28.7 Å². The fourth-order valence-corrected chi connectivity index (χ4v) is 3.69. The van der Waals surface area contributed by atoms with Crippen LogP contribution in [0.2, 0.25) is 0 Å². The molecule has 0 saturated carbocycles. The Morgan fingerprint density at radius 1 is 0.933 bits per heavy atom. The normalized spacial score (nSPS) is 13.9. The van der Waals surface area contributed by atoms with Crippen LogP contribution in [0.3, 0.4) is 0 Å². The van der Waals surface area contributed by atoms with Crippen LogP contribution in [-0.4, -0.2) is 41.1 Å². The maximum atomic E-state index is 12.0. The summed E-state index contributed by atoms with van der Waals surface area (Å²) in [4.78, 5) is 24.3. The van der Waals surface area contributed by atoms with E-state index in [0.717, 1.165) is 35.6 Å². The molecule has 8 nitrogen and oxygen atoms in total. The number of hydrogen-bond acceptors (Lipinski definition) is 7. The first kappa shape index (κ1) is 19.6. The fourth-order valence-electron chi connectivity index (χ4n) is 3.69. The molecular weight excluding hydrogens is 380 g/mol. The van der Waals surface area contributed by atoms with Crippen molar-refractivity contribution in [2.75, 3.05) is 41.3 Å². The van der Waals surface area contributed by atoms with E-state index in [9.17, 15) is 10.1 Å². The van der Waals surface area contributed by atoms with Crippen LogP contribution in [0.5, 0.6) is 0 Å². The van der Waals surface area contributed by atoms with Gasteiger partial charge in [-0.3, -0.25) is 10.1 Å². The summed E-state index contributed by atoms with van der Waals surface area (Å²) in [5.74, 6) is 0.569. The zero-order valence-corrected chi connectivity index (χ0v) is 17.1. The number of aromatic nitrogens is 2. The van der Waals surface area contributed by atoms with Gasteiger partial charge < -0.3 is 15.1 Å². The Labute approximate surface area is 175 Å². The number of nitrogens with one attached hydrogen (secondary N) is 1. The van der Waals surface area contributed by atoms with Crippen molar-refractivity contribution in [3.8, 4) is 0 Å². The maximum Gasteiger partial charge on any atom is 0.353 e. The predicted molar refractivity (Wildman–Crippen MR) is 119 cm³/mol. The molecule has 1 aliphatic rings. The highest BCUT2D eigenvalue weighted by molar-refractivity contribution is 5.76. The second kappa shape index (κ2) is 8.36. The molecule has 8 heteroatoms. The van der Waals surface area contributed by atoms with Crippen LogP contribution in [0.15, 0.2) is 54.9 Å². The van der Waals surface area contributed by atoms with Gasteiger partial charge in [0.15, 0.2) is 0 Å². The van der Waals surface area contributed by atoms with Gasteiger partial charge in [-0.25, -0.2) is 9.97 Å². The van der Waals surface area contributed by atoms with Gasteiger partial charge in [0.1, 0.15) is 6.33 Å². The van der Waals surface area contributed by atoms with E-state index in [1.807, 2.05) is 55.1 Å². The molecule has 0 amide bonds. The largest absolute Gasteiger partial charge is 0.368 e. The number of para-hydroxylation sites is 1. The second-order valence-electron chi connectivity index (χ2n) is 7.33. The van der Waals surface area contributed by atoms with Crippen LogP contribution >= 0.6 is 0 Å². The molecule has 4 rings (SSSR count). The number of aryl methyl sites for hydroxylation is 1. The van der Waals surface area contributed by atoms with E-state index in [1.54, 1.807) is 0 Å². The molecule has 0 atom stereocenters. The Kier molecular flexibility index (Phi) is 5.47. The van der Waals surface area contributed by atoms with Crippen molar-refractivity contribution in [3.05, 3.63) is 76.1 Å². The zero-order valence-electron chi connectivity index (χ0n) is 17.1. The third-order valence-corrected chi connectivity index (χ3v) is 5.54. The number of hydrogen-bond donors (Lipinski definition) is 1. The van der Waals surface area contributed by atoms with Gasteiger partial charge in [0.25, 0.3) is 0 Å². The molecule has 1 aromatic heterocycles. The van der Waals surface area contributed by atoms with E-state index in [1.165, 1.54) is 6.33 Å². The van der Waals surface area contributed by atoms with Crippen molar-refractivity contribution < 1.29 is 4.92 Å². The molecule has 2 aromatic carbocycles. The molecule has 154 valence electrons. The van der Waals surface area contributed by atoms with Gasteiger partial charge in [0.2, 0.25) is 11.6 Å². The summed E-state index contributed by atoms with van der Waals surface area (Å²) in [6.07, 6.45) is 1.39. The SMILES string of the molecule is Cc1cccc(Nc2ncnc(N3CCN(c4ccccc4)CC3)c2[N+](=O)[O-])c1C. The van der Waals surface area contributed by atoms with Crippen molar-refractivity contribution in [3.63, 3.8) is 0 Å². The molecule has 30 heavy (non-hydrogen) atoms. The molecule has 0 aliphatic carbocycles. The van der Waals surface area contributed by atoms with Gasteiger partial charge in [0.05, 0.1) is 4.92 Å². The first-order chi connectivity index (χ1) is 14.5. The van der Waals surface area contributed by atoms with Crippen molar-refractivity contribution in [2.45, 2.75) is 13.8 Å². The van der Waals surface area contributed by atoms with Crippen LogP contribution < -0.4 is 15.1 Å². The topological polar surface area (TPSA) is 87.4 Å². The lowest BCUT2D eigenvalue weighted by atomic mass is 10.1. The Morgan fingerprint density at radius 3 is 2.33 bits per heavy atom. The number of anilines is 4. The molecule has 1 aliphatic heterocycles. The van der Waals surface area contributed by atoms with Gasteiger partial charge in [-0.05, 0) is 43.2 Å². The molecular formula is C22H24N6O2. The van der Waals surface area contributed by atoms with Crippen LogP contribution in [-0.2, 0) is 0 Å². The highest BCUT2D eigenvalue weighted by Gasteiger charge is 2.29. The zero-order chi connectivity index (χ0) is 21.1. The van der Waals surface area contributed by atoms with Crippen LogP contribution in [0.1, 0.15) is 11.1 Å². The minimum absolute atomic E-state index is 0.0911. The summed E-state index contributed by atoms with van der Waals surface area (Å²) in [6.45, 7) is 6.82. The lowest BCUT2D eigenvalue weighted by Crippen LogP contribution is -2.47. The minimum atomic E-state index is -0.396. The number of nitrogens with zero attached hydrogens (tertiary/aromatic N) is 5. The lowest BCUT2D eigenvalue weighted by Gasteiger charge is -2.36. The standard InChI is InChI=1S/C22H24N6O2/c1-16-7-6-10-19(17(16)2)25-21-20(28(29)30)22(24-15-23-21)27-13-11-26(12-14-27)18-8-4-3-5-9-18/h3-10,15H,11-14H2,1-2H3,(H,23,24,25). The summed E-state index contributed by atoms with van der Waals surface area (Å²) in [5, 5.41) is 15.1. The molecule has 1 fully saturated rings.